The van der Waals surface area contributed by atoms with Crippen molar-refractivity contribution in [1.82, 2.24) is 9.80 Å². The van der Waals surface area contributed by atoms with Gasteiger partial charge in [0.05, 0.1) is 6.04 Å². The second-order valence-corrected chi connectivity index (χ2v) is 9.46. The van der Waals surface area contributed by atoms with Crippen LogP contribution in [0.3, 0.4) is 0 Å². The zero-order valence-corrected chi connectivity index (χ0v) is 19.6. The molecule has 1 fully saturated rings. The first-order valence-electron chi connectivity index (χ1n) is 11.4. The molecule has 0 N–H and O–H groups in total. The Labute approximate surface area is 190 Å². The van der Waals surface area contributed by atoms with Gasteiger partial charge in [-0.1, -0.05) is 38.1 Å². The van der Waals surface area contributed by atoms with Crippen molar-refractivity contribution in [1.29, 1.82) is 0 Å². The van der Waals surface area contributed by atoms with E-state index in [4.69, 9.17) is 4.74 Å². The normalized spacial score (nSPS) is 19.9. The lowest BCUT2D eigenvalue weighted by Crippen LogP contribution is -2.60. The van der Waals surface area contributed by atoms with E-state index in [-0.39, 0.29) is 35.9 Å². The van der Waals surface area contributed by atoms with E-state index in [0.717, 1.165) is 24.0 Å². The summed E-state index contributed by atoms with van der Waals surface area (Å²) in [5, 5.41) is 0. The summed E-state index contributed by atoms with van der Waals surface area (Å²) in [4.78, 5) is 17.2. The van der Waals surface area contributed by atoms with Gasteiger partial charge < -0.3 is 9.64 Å². The lowest BCUT2D eigenvalue weighted by Gasteiger charge is -2.49. The molecular formula is C26H34F2N2O2. The number of halogens is 2. The van der Waals surface area contributed by atoms with Gasteiger partial charge in [-0.25, -0.2) is 13.6 Å². The SMILES string of the molecule is CC[C@H]1CN(C(c2ccc(F)cc2)c2ccc(F)cc2)[C@H](CC)CN1C(=O)OC(C)(C)C. The average molecular weight is 445 g/mol. The van der Waals surface area contributed by atoms with Crippen molar-refractivity contribution in [3.8, 4) is 0 Å². The van der Waals surface area contributed by atoms with Crippen LogP contribution >= 0.6 is 0 Å². The van der Waals surface area contributed by atoms with E-state index in [2.05, 4.69) is 18.7 Å². The maximum absolute atomic E-state index is 13.7. The largest absolute Gasteiger partial charge is 0.444 e. The molecule has 32 heavy (non-hydrogen) atoms. The fourth-order valence-electron chi connectivity index (χ4n) is 4.41. The Hall–Kier alpha value is -2.47. The molecule has 0 saturated carbocycles. The summed E-state index contributed by atoms with van der Waals surface area (Å²) in [5.41, 5.74) is 1.33. The first kappa shape index (κ1) is 24.2. The van der Waals surface area contributed by atoms with E-state index >= 15 is 0 Å². The van der Waals surface area contributed by atoms with E-state index in [1.54, 1.807) is 24.3 Å². The molecule has 0 aliphatic carbocycles. The zero-order valence-electron chi connectivity index (χ0n) is 19.6. The van der Waals surface area contributed by atoms with Crippen LogP contribution in [0.1, 0.15) is 64.6 Å². The minimum absolute atomic E-state index is 0.0175. The Bertz CT molecular complexity index is 848. The predicted octanol–water partition coefficient (Wildman–Crippen LogP) is 6.16. The molecule has 1 amide bonds. The molecule has 1 saturated heterocycles. The van der Waals surface area contributed by atoms with Crippen LogP contribution in [0, 0.1) is 11.6 Å². The molecule has 0 aromatic heterocycles. The van der Waals surface area contributed by atoms with Crippen LogP contribution < -0.4 is 0 Å². The Morgan fingerprint density at radius 1 is 0.906 bits per heavy atom. The number of benzene rings is 2. The topological polar surface area (TPSA) is 32.8 Å². The molecule has 1 heterocycles. The quantitative estimate of drug-likeness (QED) is 0.553. The highest BCUT2D eigenvalue weighted by Gasteiger charge is 2.40. The van der Waals surface area contributed by atoms with Crippen molar-refractivity contribution in [2.45, 2.75) is 71.2 Å². The summed E-state index contributed by atoms with van der Waals surface area (Å²) in [6.07, 6.45) is 1.32. The van der Waals surface area contributed by atoms with Crippen LogP contribution in [0.5, 0.6) is 0 Å². The highest BCUT2D eigenvalue weighted by atomic mass is 19.1. The summed E-state index contributed by atoms with van der Waals surface area (Å²) in [7, 11) is 0. The molecule has 2 atom stereocenters. The fourth-order valence-corrected chi connectivity index (χ4v) is 4.41. The second-order valence-electron chi connectivity index (χ2n) is 9.46. The number of amides is 1. The number of carbonyl (C=O) groups excluding carboxylic acids is 1. The lowest BCUT2D eigenvalue weighted by atomic mass is 9.92. The molecule has 2 aromatic rings. The minimum Gasteiger partial charge on any atom is -0.444 e. The maximum atomic E-state index is 13.7. The molecule has 1 aliphatic heterocycles. The van der Waals surface area contributed by atoms with Gasteiger partial charge in [0.15, 0.2) is 0 Å². The van der Waals surface area contributed by atoms with Crippen LogP contribution in [0.15, 0.2) is 48.5 Å². The van der Waals surface area contributed by atoms with Crippen molar-refractivity contribution in [2.24, 2.45) is 0 Å². The monoisotopic (exact) mass is 444 g/mol. The summed E-state index contributed by atoms with van der Waals surface area (Å²) in [5.74, 6) is -0.584. The van der Waals surface area contributed by atoms with Gasteiger partial charge in [-0.05, 0) is 69.0 Å². The second kappa shape index (κ2) is 9.99. The number of hydrogen-bond donors (Lipinski definition) is 0. The Balaban J connectivity index is 1.97. The van der Waals surface area contributed by atoms with Crippen LogP contribution in [0.25, 0.3) is 0 Å². The molecule has 0 radical (unpaired) electrons. The van der Waals surface area contributed by atoms with Gasteiger partial charge in [-0.15, -0.1) is 0 Å². The number of hydrogen-bond acceptors (Lipinski definition) is 3. The van der Waals surface area contributed by atoms with Gasteiger partial charge in [-0.2, -0.15) is 0 Å². The van der Waals surface area contributed by atoms with Crippen LogP contribution in [-0.2, 0) is 4.74 Å². The van der Waals surface area contributed by atoms with Crippen LogP contribution in [0.4, 0.5) is 13.6 Å². The zero-order chi connectivity index (χ0) is 23.5. The van der Waals surface area contributed by atoms with Crippen molar-refractivity contribution < 1.29 is 18.3 Å². The third-order valence-corrected chi connectivity index (χ3v) is 6.01. The molecule has 174 valence electrons. The summed E-state index contributed by atoms with van der Waals surface area (Å²) >= 11 is 0. The number of rotatable bonds is 5. The highest BCUT2D eigenvalue weighted by Crippen LogP contribution is 2.35. The summed E-state index contributed by atoms with van der Waals surface area (Å²) < 4.78 is 33.0. The third-order valence-electron chi connectivity index (χ3n) is 6.01. The number of piperazine rings is 1. The van der Waals surface area contributed by atoms with Gasteiger partial charge in [0.2, 0.25) is 0 Å². The van der Waals surface area contributed by atoms with E-state index in [9.17, 15) is 13.6 Å². The number of carbonyl (C=O) groups is 1. The van der Waals surface area contributed by atoms with Crippen molar-refractivity contribution in [3.63, 3.8) is 0 Å². The molecule has 1 aliphatic rings. The smallest absolute Gasteiger partial charge is 0.410 e. The molecule has 0 spiro atoms. The minimum atomic E-state index is -0.557. The first-order chi connectivity index (χ1) is 15.1. The molecule has 2 aromatic carbocycles. The number of ether oxygens (including phenoxy) is 1. The predicted molar refractivity (Wildman–Crippen MR) is 122 cm³/mol. The molecular weight excluding hydrogens is 410 g/mol. The van der Waals surface area contributed by atoms with Gasteiger partial charge in [-0.3, -0.25) is 4.90 Å². The van der Waals surface area contributed by atoms with Crippen molar-refractivity contribution in [2.75, 3.05) is 13.1 Å². The third kappa shape index (κ3) is 5.66. The van der Waals surface area contributed by atoms with Gasteiger partial charge >= 0.3 is 6.09 Å². The Morgan fingerprint density at radius 2 is 1.38 bits per heavy atom. The Morgan fingerprint density at radius 3 is 1.78 bits per heavy atom. The van der Waals surface area contributed by atoms with E-state index in [1.165, 1.54) is 24.3 Å². The van der Waals surface area contributed by atoms with Crippen LogP contribution in [-0.4, -0.2) is 46.7 Å². The van der Waals surface area contributed by atoms with Gasteiger partial charge in [0.1, 0.15) is 17.2 Å². The standard InChI is InChI=1S/C26H34F2N2O2/c1-6-22-17-30(25(31)32-26(3,4)5)23(7-2)16-29(22)24(18-8-12-20(27)13-9-18)19-10-14-21(28)15-11-19/h8-15,22-24H,6-7,16-17H2,1-5H3/t22-,23+/m1/s1. The Kier molecular flexibility index (Phi) is 7.55. The van der Waals surface area contributed by atoms with Crippen molar-refractivity contribution >= 4 is 6.09 Å². The number of nitrogens with zero attached hydrogens (tertiary/aromatic N) is 2. The average Bonchev–Trinajstić information content (AvgIpc) is 2.74. The highest BCUT2D eigenvalue weighted by molar-refractivity contribution is 5.69. The molecule has 3 rings (SSSR count). The summed E-state index contributed by atoms with van der Waals surface area (Å²) in [6.45, 7) is 11.0. The fraction of sp³-hybridized carbons (Fsp3) is 0.500. The van der Waals surface area contributed by atoms with E-state index < -0.39 is 5.60 Å². The molecule has 0 bridgehead atoms. The maximum Gasteiger partial charge on any atom is 0.410 e. The molecule has 6 heteroatoms. The van der Waals surface area contributed by atoms with Crippen molar-refractivity contribution in [3.05, 3.63) is 71.3 Å². The lowest BCUT2D eigenvalue weighted by molar-refractivity contribution is -0.0245. The first-order valence-corrected chi connectivity index (χ1v) is 11.4. The van der Waals surface area contributed by atoms with E-state index in [1.807, 2.05) is 25.7 Å². The van der Waals surface area contributed by atoms with Gasteiger partial charge in [0.25, 0.3) is 0 Å². The van der Waals surface area contributed by atoms with E-state index in [0.29, 0.717) is 13.1 Å². The molecule has 4 nitrogen and oxygen atoms in total. The summed E-state index contributed by atoms with van der Waals surface area (Å²) in [6, 6.07) is 12.9. The van der Waals surface area contributed by atoms with Crippen LogP contribution in [0.2, 0.25) is 0 Å². The molecule has 0 unspecified atom stereocenters. The van der Waals surface area contributed by atoms with Gasteiger partial charge in [0, 0.05) is 25.2 Å².